The van der Waals surface area contributed by atoms with Crippen molar-refractivity contribution in [2.24, 2.45) is 0 Å². The molecule has 1 aliphatic heterocycles. The zero-order valence-corrected chi connectivity index (χ0v) is 15.9. The first-order valence-electron chi connectivity index (χ1n) is 9.59. The molecule has 4 rings (SSSR count). The van der Waals surface area contributed by atoms with Crippen molar-refractivity contribution in [2.45, 2.75) is 25.7 Å². The molecule has 0 saturated carbocycles. The Labute approximate surface area is 163 Å². The third kappa shape index (κ3) is 3.76. The molecule has 144 valence electrons. The molecule has 1 saturated heterocycles. The van der Waals surface area contributed by atoms with Crippen molar-refractivity contribution in [3.8, 4) is 0 Å². The molecule has 1 fully saturated rings. The lowest BCUT2D eigenvalue weighted by atomic mass is 9.97. The second kappa shape index (κ2) is 7.84. The Kier molecular flexibility index (Phi) is 5.10. The number of benzene rings is 2. The van der Waals surface area contributed by atoms with Gasteiger partial charge in [-0.25, -0.2) is 4.98 Å². The monoisotopic (exact) mass is 377 g/mol. The number of amides is 2. The van der Waals surface area contributed by atoms with E-state index in [2.05, 4.69) is 10.3 Å². The van der Waals surface area contributed by atoms with Crippen molar-refractivity contribution < 1.29 is 14.0 Å². The summed E-state index contributed by atoms with van der Waals surface area (Å²) in [6.45, 7) is 3.31. The molecule has 2 amide bonds. The Morgan fingerprint density at radius 1 is 1.11 bits per heavy atom. The van der Waals surface area contributed by atoms with E-state index >= 15 is 0 Å². The summed E-state index contributed by atoms with van der Waals surface area (Å²) in [6, 6.07) is 14.9. The zero-order valence-electron chi connectivity index (χ0n) is 15.9. The van der Waals surface area contributed by atoms with Gasteiger partial charge in [0, 0.05) is 24.6 Å². The molecule has 1 aliphatic rings. The summed E-state index contributed by atoms with van der Waals surface area (Å²) in [6.07, 6.45) is 1.62. The van der Waals surface area contributed by atoms with E-state index in [9.17, 15) is 9.59 Å². The fourth-order valence-corrected chi connectivity index (χ4v) is 3.61. The molecule has 0 aliphatic carbocycles. The van der Waals surface area contributed by atoms with Gasteiger partial charge >= 0.3 is 0 Å². The quantitative estimate of drug-likeness (QED) is 0.757. The normalized spacial score (nSPS) is 15.0. The van der Waals surface area contributed by atoms with Crippen LogP contribution in [-0.4, -0.2) is 41.3 Å². The third-order valence-electron chi connectivity index (χ3n) is 5.26. The highest BCUT2D eigenvalue weighted by molar-refractivity contribution is 5.96. The summed E-state index contributed by atoms with van der Waals surface area (Å²) >= 11 is 0. The predicted molar refractivity (Wildman–Crippen MR) is 106 cm³/mol. The van der Waals surface area contributed by atoms with Crippen LogP contribution in [0.1, 0.15) is 40.6 Å². The standard InChI is InChI=1S/C22H23N3O3/c1-15-6-5-9-18-20(15)28-22(24-18)17-10-12-25(13-11-17)19(26)14-23-21(27)16-7-3-2-4-8-16/h2-9,17H,10-14H2,1H3,(H,23,27). The summed E-state index contributed by atoms with van der Waals surface area (Å²) in [5.41, 5.74) is 3.37. The Hall–Kier alpha value is -3.15. The third-order valence-corrected chi connectivity index (χ3v) is 5.26. The number of piperidine rings is 1. The highest BCUT2D eigenvalue weighted by atomic mass is 16.3. The molecule has 3 aromatic rings. The van der Waals surface area contributed by atoms with Gasteiger partial charge in [0.15, 0.2) is 11.5 Å². The Balaban J connectivity index is 1.31. The maximum Gasteiger partial charge on any atom is 0.251 e. The number of likely N-dealkylation sites (tertiary alicyclic amines) is 1. The molecule has 6 nitrogen and oxygen atoms in total. The number of nitrogens with zero attached hydrogens (tertiary/aromatic N) is 2. The molecule has 2 heterocycles. The maximum absolute atomic E-state index is 12.4. The largest absolute Gasteiger partial charge is 0.440 e. The Morgan fingerprint density at radius 2 is 1.86 bits per heavy atom. The van der Waals surface area contributed by atoms with E-state index < -0.39 is 0 Å². The van der Waals surface area contributed by atoms with E-state index in [0.29, 0.717) is 18.7 Å². The SMILES string of the molecule is Cc1cccc2nc(C3CCN(C(=O)CNC(=O)c4ccccc4)CC3)oc12. The second-order valence-corrected chi connectivity index (χ2v) is 7.18. The van der Waals surface area contributed by atoms with Crippen molar-refractivity contribution in [1.82, 2.24) is 15.2 Å². The van der Waals surface area contributed by atoms with E-state index in [0.717, 1.165) is 35.4 Å². The lowest BCUT2D eigenvalue weighted by Crippen LogP contribution is -2.43. The van der Waals surface area contributed by atoms with Gasteiger partial charge in [-0.2, -0.15) is 0 Å². The molecule has 28 heavy (non-hydrogen) atoms. The number of fused-ring (bicyclic) bond motifs is 1. The van der Waals surface area contributed by atoms with E-state index in [4.69, 9.17) is 4.42 Å². The highest BCUT2D eigenvalue weighted by Gasteiger charge is 2.27. The van der Waals surface area contributed by atoms with Gasteiger partial charge in [-0.1, -0.05) is 30.3 Å². The van der Waals surface area contributed by atoms with Crippen LogP contribution < -0.4 is 5.32 Å². The van der Waals surface area contributed by atoms with Gasteiger partial charge in [-0.15, -0.1) is 0 Å². The summed E-state index contributed by atoms with van der Waals surface area (Å²) < 4.78 is 5.99. The molecule has 1 aromatic heterocycles. The van der Waals surface area contributed by atoms with Crippen LogP contribution in [-0.2, 0) is 4.79 Å². The maximum atomic E-state index is 12.4. The second-order valence-electron chi connectivity index (χ2n) is 7.18. The minimum absolute atomic E-state index is 0.0144. The van der Waals surface area contributed by atoms with Gasteiger partial charge in [0.1, 0.15) is 5.52 Å². The molecule has 6 heteroatoms. The van der Waals surface area contributed by atoms with Crippen molar-refractivity contribution in [1.29, 1.82) is 0 Å². The summed E-state index contributed by atoms with van der Waals surface area (Å²) in [4.78, 5) is 30.9. The Bertz CT molecular complexity index is 989. The van der Waals surface area contributed by atoms with Crippen LogP contribution >= 0.6 is 0 Å². The molecule has 0 unspecified atom stereocenters. The van der Waals surface area contributed by atoms with Crippen LogP contribution in [0.2, 0.25) is 0 Å². The van der Waals surface area contributed by atoms with Crippen molar-refractivity contribution in [3.05, 3.63) is 65.5 Å². The molecule has 1 N–H and O–H groups in total. The number of aryl methyl sites for hydroxylation is 1. The lowest BCUT2D eigenvalue weighted by Gasteiger charge is -2.30. The number of aromatic nitrogens is 1. The number of hydrogen-bond donors (Lipinski definition) is 1. The van der Waals surface area contributed by atoms with Crippen LogP contribution in [0, 0.1) is 6.92 Å². The highest BCUT2D eigenvalue weighted by Crippen LogP contribution is 2.30. The minimum atomic E-state index is -0.231. The molecular weight excluding hydrogens is 354 g/mol. The van der Waals surface area contributed by atoms with Crippen LogP contribution in [0.3, 0.4) is 0 Å². The molecule has 0 bridgehead atoms. The van der Waals surface area contributed by atoms with Crippen LogP contribution in [0.4, 0.5) is 0 Å². The topological polar surface area (TPSA) is 75.4 Å². The smallest absolute Gasteiger partial charge is 0.251 e. The summed E-state index contributed by atoms with van der Waals surface area (Å²) in [7, 11) is 0. The van der Waals surface area contributed by atoms with Gasteiger partial charge in [0.2, 0.25) is 5.91 Å². The number of rotatable bonds is 4. The number of para-hydroxylation sites is 1. The van der Waals surface area contributed by atoms with Crippen LogP contribution in [0.15, 0.2) is 52.9 Å². The van der Waals surface area contributed by atoms with Crippen LogP contribution in [0.25, 0.3) is 11.1 Å². The molecule has 0 radical (unpaired) electrons. The van der Waals surface area contributed by atoms with E-state index in [1.807, 2.05) is 31.2 Å². The number of hydrogen-bond acceptors (Lipinski definition) is 4. The first-order chi connectivity index (χ1) is 13.6. The average Bonchev–Trinajstić information content (AvgIpc) is 3.18. The van der Waals surface area contributed by atoms with Gasteiger partial charge in [-0.3, -0.25) is 9.59 Å². The average molecular weight is 377 g/mol. The first kappa shape index (κ1) is 18.2. The fraction of sp³-hybridized carbons (Fsp3) is 0.318. The van der Waals surface area contributed by atoms with Gasteiger partial charge < -0.3 is 14.6 Å². The van der Waals surface area contributed by atoms with E-state index in [1.165, 1.54) is 0 Å². The number of nitrogens with one attached hydrogen (secondary N) is 1. The van der Waals surface area contributed by atoms with Crippen molar-refractivity contribution >= 4 is 22.9 Å². The van der Waals surface area contributed by atoms with Crippen LogP contribution in [0.5, 0.6) is 0 Å². The number of carbonyl (C=O) groups is 2. The zero-order chi connectivity index (χ0) is 19.5. The van der Waals surface area contributed by atoms with E-state index in [1.54, 1.807) is 29.2 Å². The Morgan fingerprint density at radius 3 is 2.57 bits per heavy atom. The first-order valence-corrected chi connectivity index (χ1v) is 9.59. The molecule has 0 atom stereocenters. The summed E-state index contributed by atoms with van der Waals surface area (Å²) in [5, 5.41) is 2.70. The number of carbonyl (C=O) groups excluding carboxylic acids is 2. The molecule has 0 spiro atoms. The van der Waals surface area contributed by atoms with Gasteiger partial charge in [0.25, 0.3) is 5.91 Å². The van der Waals surface area contributed by atoms with Crippen molar-refractivity contribution in [3.63, 3.8) is 0 Å². The van der Waals surface area contributed by atoms with Gasteiger partial charge in [-0.05, 0) is 43.5 Å². The lowest BCUT2D eigenvalue weighted by molar-refractivity contribution is -0.131. The predicted octanol–water partition coefficient (Wildman–Crippen LogP) is 3.27. The minimum Gasteiger partial charge on any atom is -0.440 e. The fourth-order valence-electron chi connectivity index (χ4n) is 3.61. The van der Waals surface area contributed by atoms with Crippen molar-refractivity contribution in [2.75, 3.05) is 19.6 Å². The number of oxazole rings is 1. The van der Waals surface area contributed by atoms with Gasteiger partial charge in [0.05, 0.1) is 6.54 Å². The molecular formula is C22H23N3O3. The summed E-state index contributed by atoms with van der Waals surface area (Å²) in [5.74, 6) is 0.686. The van der Waals surface area contributed by atoms with E-state index in [-0.39, 0.29) is 24.3 Å². The molecule has 2 aromatic carbocycles.